The summed E-state index contributed by atoms with van der Waals surface area (Å²) in [5, 5.41) is 2.15. The Morgan fingerprint density at radius 3 is 2.41 bits per heavy atom. The van der Waals surface area contributed by atoms with Gasteiger partial charge in [-0.15, -0.1) is 0 Å². The molecule has 17 heavy (non-hydrogen) atoms. The van der Waals surface area contributed by atoms with Crippen molar-refractivity contribution >= 4 is 17.5 Å². The molecule has 0 aliphatic heterocycles. The molecule has 1 aromatic rings. The van der Waals surface area contributed by atoms with Gasteiger partial charge in [0.15, 0.2) is 0 Å². The van der Waals surface area contributed by atoms with Crippen LogP contribution in [0.4, 0.5) is 25.0 Å². The average Bonchev–Trinajstić information content (AvgIpc) is 2.11. The van der Waals surface area contributed by atoms with Crippen LogP contribution >= 0.6 is 0 Å². The molecule has 0 spiro atoms. The number of hydrogen-bond acceptors (Lipinski definition) is 3. The molecule has 3 N–H and O–H groups in total. The maximum absolute atomic E-state index is 13.3. The Kier molecular flexibility index (Phi) is 3.55. The van der Waals surface area contributed by atoms with Crippen molar-refractivity contribution in [2.24, 2.45) is 0 Å². The zero-order chi connectivity index (χ0) is 13.2. The number of nitrogen functional groups attached to an aromatic ring is 1. The minimum absolute atomic E-state index is 0.224. The number of carbonyl (C=O) groups excluding carboxylic acids is 1. The molecular formula is C11H14F2N2O2. The van der Waals surface area contributed by atoms with E-state index < -0.39 is 23.3 Å². The molecule has 0 radical (unpaired) electrons. The van der Waals surface area contributed by atoms with Crippen LogP contribution in [0, 0.1) is 11.6 Å². The minimum Gasteiger partial charge on any atom is -0.444 e. The topological polar surface area (TPSA) is 64.3 Å². The molecule has 0 saturated carbocycles. The first-order chi connectivity index (χ1) is 7.69. The van der Waals surface area contributed by atoms with Crippen molar-refractivity contribution in [3.63, 3.8) is 0 Å². The van der Waals surface area contributed by atoms with Crippen molar-refractivity contribution in [1.82, 2.24) is 0 Å². The molecule has 1 rings (SSSR count). The van der Waals surface area contributed by atoms with Crippen LogP contribution in [0.25, 0.3) is 0 Å². The Morgan fingerprint density at radius 2 is 1.88 bits per heavy atom. The molecule has 6 heteroatoms. The monoisotopic (exact) mass is 244 g/mol. The van der Waals surface area contributed by atoms with E-state index in [0.717, 1.165) is 6.07 Å². The highest BCUT2D eigenvalue weighted by atomic mass is 19.1. The zero-order valence-corrected chi connectivity index (χ0v) is 9.80. The summed E-state index contributed by atoms with van der Waals surface area (Å²) in [6.45, 7) is 5.01. The van der Waals surface area contributed by atoms with Crippen LogP contribution in [0.15, 0.2) is 12.1 Å². The Morgan fingerprint density at radius 1 is 1.29 bits per heavy atom. The molecule has 0 aliphatic carbocycles. The van der Waals surface area contributed by atoms with E-state index in [-0.39, 0.29) is 11.4 Å². The van der Waals surface area contributed by atoms with Gasteiger partial charge in [-0.2, -0.15) is 0 Å². The SMILES string of the molecule is CC(C)(C)OC(=O)Nc1cc(N)c(F)cc1F. The number of hydrogen-bond donors (Lipinski definition) is 2. The van der Waals surface area contributed by atoms with Crippen molar-refractivity contribution < 1.29 is 18.3 Å². The van der Waals surface area contributed by atoms with Crippen LogP contribution in [0.5, 0.6) is 0 Å². The maximum atomic E-state index is 13.3. The predicted octanol–water partition coefficient (Wildman–Crippen LogP) is 2.89. The van der Waals surface area contributed by atoms with Crippen molar-refractivity contribution in [1.29, 1.82) is 0 Å². The summed E-state index contributed by atoms with van der Waals surface area (Å²) in [4.78, 5) is 11.3. The van der Waals surface area contributed by atoms with Gasteiger partial charge in [0, 0.05) is 6.07 Å². The van der Waals surface area contributed by atoms with Gasteiger partial charge in [0.2, 0.25) is 0 Å². The Bertz CT molecular complexity index is 442. The molecule has 0 saturated heterocycles. The first-order valence-electron chi connectivity index (χ1n) is 4.93. The highest BCUT2D eigenvalue weighted by Crippen LogP contribution is 2.21. The number of anilines is 2. The van der Waals surface area contributed by atoms with Crippen LogP contribution < -0.4 is 11.1 Å². The number of rotatable bonds is 1. The Labute approximate surface area is 97.8 Å². The second kappa shape index (κ2) is 4.57. The van der Waals surface area contributed by atoms with Crippen molar-refractivity contribution in [3.05, 3.63) is 23.8 Å². The average molecular weight is 244 g/mol. The third-order valence-electron chi connectivity index (χ3n) is 1.72. The second-order valence-electron chi connectivity index (χ2n) is 4.48. The lowest BCUT2D eigenvalue weighted by molar-refractivity contribution is 0.0635. The summed E-state index contributed by atoms with van der Waals surface area (Å²) in [5.41, 5.74) is 4.08. The van der Waals surface area contributed by atoms with Crippen LogP contribution in [-0.2, 0) is 4.74 Å². The standard InChI is InChI=1S/C11H14F2N2O2/c1-11(2,3)17-10(16)15-9-5-8(14)6(12)4-7(9)13/h4-5H,14H2,1-3H3,(H,15,16). The van der Waals surface area contributed by atoms with Gasteiger partial charge < -0.3 is 10.5 Å². The summed E-state index contributed by atoms with van der Waals surface area (Å²) in [5.74, 6) is -1.79. The van der Waals surface area contributed by atoms with E-state index in [1.165, 1.54) is 0 Å². The van der Waals surface area contributed by atoms with Crippen molar-refractivity contribution in [3.8, 4) is 0 Å². The van der Waals surface area contributed by atoms with Crippen LogP contribution in [0.3, 0.4) is 0 Å². The van der Waals surface area contributed by atoms with E-state index in [4.69, 9.17) is 10.5 Å². The van der Waals surface area contributed by atoms with Crippen molar-refractivity contribution in [2.75, 3.05) is 11.1 Å². The largest absolute Gasteiger partial charge is 0.444 e. The quantitative estimate of drug-likeness (QED) is 0.746. The fourth-order valence-corrected chi connectivity index (χ4v) is 1.08. The molecule has 94 valence electrons. The third-order valence-corrected chi connectivity index (χ3v) is 1.72. The summed E-state index contributed by atoms with van der Waals surface area (Å²) < 4.78 is 31.0. The highest BCUT2D eigenvalue weighted by molar-refractivity contribution is 5.85. The Balaban J connectivity index is 2.82. The number of benzene rings is 1. The molecule has 0 fully saturated rings. The number of amides is 1. The number of ether oxygens (including phenoxy) is 1. The van der Waals surface area contributed by atoms with E-state index in [1.807, 2.05) is 0 Å². The molecule has 0 unspecified atom stereocenters. The van der Waals surface area contributed by atoms with E-state index in [9.17, 15) is 13.6 Å². The molecular weight excluding hydrogens is 230 g/mol. The maximum Gasteiger partial charge on any atom is 0.412 e. The van der Waals surface area contributed by atoms with E-state index >= 15 is 0 Å². The molecule has 0 bridgehead atoms. The van der Waals surface area contributed by atoms with Crippen molar-refractivity contribution in [2.45, 2.75) is 26.4 Å². The molecule has 1 amide bonds. The van der Waals surface area contributed by atoms with Gasteiger partial charge in [-0.25, -0.2) is 13.6 Å². The first-order valence-corrected chi connectivity index (χ1v) is 4.93. The van der Waals surface area contributed by atoms with Gasteiger partial charge in [0.1, 0.15) is 17.2 Å². The highest BCUT2D eigenvalue weighted by Gasteiger charge is 2.18. The molecule has 1 aromatic carbocycles. The lowest BCUT2D eigenvalue weighted by Crippen LogP contribution is -2.27. The molecule has 0 atom stereocenters. The molecule has 4 nitrogen and oxygen atoms in total. The minimum atomic E-state index is -0.914. The fourth-order valence-electron chi connectivity index (χ4n) is 1.08. The fraction of sp³-hybridized carbons (Fsp3) is 0.364. The predicted molar refractivity (Wildman–Crippen MR) is 60.6 cm³/mol. The van der Waals surface area contributed by atoms with E-state index in [0.29, 0.717) is 6.07 Å². The molecule has 0 heterocycles. The van der Waals surface area contributed by atoms with Crippen LogP contribution in [0.2, 0.25) is 0 Å². The zero-order valence-electron chi connectivity index (χ0n) is 9.80. The van der Waals surface area contributed by atoms with E-state index in [1.54, 1.807) is 20.8 Å². The summed E-state index contributed by atoms with van der Waals surface area (Å²) in [6, 6.07) is 1.59. The van der Waals surface area contributed by atoms with Crippen LogP contribution in [-0.4, -0.2) is 11.7 Å². The number of nitrogens with one attached hydrogen (secondary N) is 1. The number of nitrogens with two attached hydrogens (primary N) is 1. The molecule has 0 aromatic heterocycles. The van der Waals surface area contributed by atoms with Gasteiger partial charge >= 0.3 is 6.09 Å². The molecule has 0 aliphatic rings. The second-order valence-corrected chi connectivity index (χ2v) is 4.48. The van der Waals surface area contributed by atoms with Crippen LogP contribution in [0.1, 0.15) is 20.8 Å². The summed E-state index contributed by atoms with van der Waals surface area (Å²) in [6.07, 6.45) is -0.831. The summed E-state index contributed by atoms with van der Waals surface area (Å²) >= 11 is 0. The van der Waals surface area contributed by atoms with Gasteiger partial charge in [0.05, 0.1) is 11.4 Å². The number of carbonyl (C=O) groups is 1. The van der Waals surface area contributed by atoms with Gasteiger partial charge in [-0.1, -0.05) is 0 Å². The lowest BCUT2D eigenvalue weighted by Gasteiger charge is -2.19. The van der Waals surface area contributed by atoms with Gasteiger partial charge in [-0.3, -0.25) is 5.32 Å². The summed E-state index contributed by atoms with van der Waals surface area (Å²) in [7, 11) is 0. The van der Waals surface area contributed by atoms with Gasteiger partial charge in [0.25, 0.3) is 0 Å². The third kappa shape index (κ3) is 3.90. The number of halogens is 2. The van der Waals surface area contributed by atoms with E-state index in [2.05, 4.69) is 5.32 Å². The smallest absolute Gasteiger partial charge is 0.412 e. The lowest BCUT2D eigenvalue weighted by atomic mass is 10.2. The Hall–Kier alpha value is -1.85. The first kappa shape index (κ1) is 13.2. The van der Waals surface area contributed by atoms with Gasteiger partial charge in [-0.05, 0) is 26.8 Å². The normalized spacial score (nSPS) is 11.1.